The van der Waals surface area contributed by atoms with E-state index in [1.54, 1.807) is 0 Å². The van der Waals surface area contributed by atoms with Gasteiger partial charge in [-0.1, -0.05) is 6.08 Å². The van der Waals surface area contributed by atoms with Gasteiger partial charge in [0.15, 0.2) is 0 Å². The van der Waals surface area contributed by atoms with Crippen molar-refractivity contribution in [2.24, 2.45) is 0 Å². The Morgan fingerprint density at radius 2 is 2.22 bits per heavy atom. The molecule has 54 valence electrons. The zero-order valence-electron chi connectivity index (χ0n) is 5.15. The Balaban J connectivity index is 2.82. The number of halogens is 2. The molecule has 0 fully saturated rings. The Morgan fingerprint density at radius 1 is 1.56 bits per heavy atom. The van der Waals surface area contributed by atoms with Crippen LogP contribution in [0.3, 0.4) is 0 Å². The van der Waals surface area contributed by atoms with Gasteiger partial charge in [0.05, 0.1) is 0 Å². The van der Waals surface area contributed by atoms with Crippen LogP contribution < -0.4 is 0 Å². The predicted molar refractivity (Wildman–Crippen MR) is 44.2 cm³/mol. The van der Waals surface area contributed by atoms with Crippen molar-refractivity contribution in [2.75, 3.05) is 6.61 Å². The van der Waals surface area contributed by atoms with Crippen LogP contribution in [-0.4, -0.2) is 14.3 Å². The lowest BCUT2D eigenvalue weighted by Gasteiger charge is -1.99. The van der Waals surface area contributed by atoms with Gasteiger partial charge in [0, 0.05) is 6.61 Å². The molecule has 1 nitrogen and oxygen atoms in total. The molecule has 0 spiro atoms. The molecule has 0 aromatic rings. The Hall–Kier alpha value is 0.497. The highest BCUT2D eigenvalue weighted by molar-refractivity contribution is 7.30. The van der Waals surface area contributed by atoms with Crippen molar-refractivity contribution in [3.05, 3.63) is 12.7 Å². The van der Waals surface area contributed by atoms with Gasteiger partial charge < -0.3 is 4.43 Å². The first-order chi connectivity index (χ1) is 4.27. The average Bonchev–Trinajstić information content (AvgIpc) is 1.80. The molecule has 4 heteroatoms. The molecule has 0 saturated heterocycles. The highest BCUT2D eigenvalue weighted by Gasteiger charge is 1.98. The Labute approximate surface area is 66.7 Å². The highest BCUT2D eigenvalue weighted by atomic mass is 35.7. The monoisotopic (exact) mass is 184 g/mol. The van der Waals surface area contributed by atoms with E-state index in [1.165, 1.54) is 0 Å². The van der Waals surface area contributed by atoms with Gasteiger partial charge >= 0.3 is 7.66 Å². The van der Waals surface area contributed by atoms with E-state index in [1.807, 2.05) is 6.08 Å². The normalized spacial score (nSPS) is 10.1. The van der Waals surface area contributed by atoms with Gasteiger partial charge in [-0.15, -0.1) is 28.7 Å². The molecule has 0 saturated carbocycles. The van der Waals surface area contributed by atoms with E-state index in [-0.39, 0.29) is 0 Å². The largest absolute Gasteiger partial charge is 0.395 e. The average molecular weight is 185 g/mol. The molecule has 0 heterocycles. The van der Waals surface area contributed by atoms with Gasteiger partial charge in [0.1, 0.15) is 0 Å². The van der Waals surface area contributed by atoms with Crippen molar-refractivity contribution in [1.29, 1.82) is 0 Å². The van der Waals surface area contributed by atoms with Crippen LogP contribution in [0.15, 0.2) is 12.7 Å². The molecule has 0 bridgehead atoms. The van der Waals surface area contributed by atoms with Crippen LogP contribution in [0.1, 0.15) is 12.8 Å². The van der Waals surface area contributed by atoms with E-state index in [0.717, 1.165) is 12.8 Å². The van der Waals surface area contributed by atoms with Crippen LogP contribution in [0.25, 0.3) is 0 Å². The molecule has 0 N–H and O–H groups in total. The minimum Gasteiger partial charge on any atom is -0.395 e. The van der Waals surface area contributed by atoms with Crippen molar-refractivity contribution in [3.63, 3.8) is 0 Å². The molecule has 0 aliphatic carbocycles. The van der Waals surface area contributed by atoms with Gasteiger partial charge in [0.2, 0.25) is 0 Å². The number of rotatable bonds is 5. The number of hydrogen-bond donors (Lipinski definition) is 0. The summed E-state index contributed by atoms with van der Waals surface area (Å²) in [5.41, 5.74) is 0. The van der Waals surface area contributed by atoms with Crippen molar-refractivity contribution in [1.82, 2.24) is 0 Å². The van der Waals surface area contributed by atoms with E-state index < -0.39 is 7.66 Å². The van der Waals surface area contributed by atoms with Crippen LogP contribution >= 0.6 is 22.2 Å². The van der Waals surface area contributed by atoms with Crippen molar-refractivity contribution >= 4 is 29.8 Å². The third-order valence-corrected chi connectivity index (χ3v) is 2.04. The maximum absolute atomic E-state index is 5.41. The molecule has 0 rings (SSSR count). The molecule has 0 aromatic heterocycles. The first-order valence-corrected chi connectivity index (χ1v) is 6.74. The van der Waals surface area contributed by atoms with E-state index in [4.69, 9.17) is 26.6 Å². The van der Waals surface area contributed by atoms with Crippen molar-refractivity contribution in [3.8, 4) is 0 Å². The van der Waals surface area contributed by atoms with Gasteiger partial charge in [-0.25, -0.2) is 0 Å². The molecule has 0 amide bonds. The predicted octanol–water partition coefficient (Wildman–Crippen LogP) is 2.16. The minimum atomic E-state index is -1.80. The van der Waals surface area contributed by atoms with Crippen molar-refractivity contribution < 1.29 is 4.43 Å². The lowest BCUT2D eigenvalue weighted by atomic mass is 10.3. The molecule has 0 unspecified atom stereocenters. The third kappa shape index (κ3) is 8.50. The van der Waals surface area contributed by atoms with Crippen LogP contribution in [0.5, 0.6) is 0 Å². The molecule has 0 aliphatic heterocycles. The van der Waals surface area contributed by atoms with Crippen LogP contribution in [-0.2, 0) is 4.43 Å². The van der Waals surface area contributed by atoms with Gasteiger partial charge in [-0.3, -0.25) is 0 Å². The first-order valence-electron chi connectivity index (χ1n) is 2.78. The SMILES string of the molecule is C=CCCCO[SiH](Cl)Cl. The maximum atomic E-state index is 5.41. The second kappa shape index (κ2) is 6.61. The standard InChI is InChI=1S/C5H10Cl2OSi/c1-2-3-4-5-8-9(6)7/h2,9H,1,3-5H2. The summed E-state index contributed by atoms with van der Waals surface area (Å²) >= 11 is 10.8. The molecular weight excluding hydrogens is 175 g/mol. The Bertz CT molecular complexity index is 77.4. The molecule has 0 radical (unpaired) electrons. The molecular formula is C5H10Cl2OSi. The minimum absolute atomic E-state index is 0.663. The Kier molecular flexibility index (Phi) is 6.98. The van der Waals surface area contributed by atoms with Crippen LogP contribution in [0.4, 0.5) is 0 Å². The summed E-state index contributed by atoms with van der Waals surface area (Å²) in [6.07, 6.45) is 3.78. The van der Waals surface area contributed by atoms with Gasteiger partial charge in [-0.2, -0.15) is 0 Å². The number of allylic oxidation sites excluding steroid dienone is 1. The fourth-order valence-electron chi connectivity index (χ4n) is 0.400. The second-order valence-electron chi connectivity index (χ2n) is 1.56. The maximum Gasteiger partial charge on any atom is 0.373 e. The van der Waals surface area contributed by atoms with E-state index in [9.17, 15) is 0 Å². The Morgan fingerprint density at radius 3 is 2.67 bits per heavy atom. The molecule has 0 atom stereocenters. The summed E-state index contributed by atoms with van der Waals surface area (Å²) in [4.78, 5) is 0. The quantitative estimate of drug-likeness (QED) is 0.276. The zero-order chi connectivity index (χ0) is 7.11. The fraction of sp³-hybridized carbons (Fsp3) is 0.600. The first kappa shape index (κ1) is 9.50. The smallest absolute Gasteiger partial charge is 0.373 e. The number of unbranched alkanes of at least 4 members (excludes halogenated alkanes) is 1. The van der Waals surface area contributed by atoms with E-state index >= 15 is 0 Å². The number of hydrogen-bond acceptors (Lipinski definition) is 1. The summed E-state index contributed by atoms with van der Waals surface area (Å²) in [5.74, 6) is 0. The summed E-state index contributed by atoms with van der Waals surface area (Å²) in [6, 6.07) is 0. The summed E-state index contributed by atoms with van der Waals surface area (Å²) in [7, 11) is -1.80. The second-order valence-corrected chi connectivity index (χ2v) is 5.47. The topological polar surface area (TPSA) is 9.23 Å². The lowest BCUT2D eigenvalue weighted by Crippen LogP contribution is -2.02. The summed E-state index contributed by atoms with van der Waals surface area (Å²) in [6.45, 7) is 4.23. The summed E-state index contributed by atoms with van der Waals surface area (Å²) in [5, 5.41) is 0. The lowest BCUT2D eigenvalue weighted by molar-refractivity contribution is 0.334. The van der Waals surface area contributed by atoms with Crippen LogP contribution in [0, 0.1) is 0 Å². The van der Waals surface area contributed by atoms with Crippen molar-refractivity contribution in [2.45, 2.75) is 12.8 Å². The van der Waals surface area contributed by atoms with Gasteiger partial charge in [0.25, 0.3) is 0 Å². The van der Waals surface area contributed by atoms with E-state index in [0.29, 0.717) is 6.61 Å². The molecule has 9 heavy (non-hydrogen) atoms. The zero-order valence-corrected chi connectivity index (χ0v) is 7.81. The summed E-state index contributed by atoms with van der Waals surface area (Å²) < 4.78 is 4.97. The molecule has 0 aliphatic rings. The highest BCUT2D eigenvalue weighted by Crippen LogP contribution is 1.99. The van der Waals surface area contributed by atoms with Crippen LogP contribution in [0.2, 0.25) is 0 Å². The van der Waals surface area contributed by atoms with E-state index in [2.05, 4.69) is 6.58 Å². The third-order valence-electron chi connectivity index (χ3n) is 0.796. The molecule has 0 aromatic carbocycles. The van der Waals surface area contributed by atoms with Gasteiger partial charge in [-0.05, 0) is 12.8 Å². The fourth-order valence-corrected chi connectivity index (χ4v) is 1.28.